The zero-order chi connectivity index (χ0) is 11.1. The fraction of sp³-hybridized carbons (Fsp3) is 1.00. The van der Waals surface area contributed by atoms with Crippen molar-refractivity contribution in [2.45, 2.75) is 75.4 Å². The molecule has 1 nitrogen and oxygen atoms in total. The number of hydrogen-bond donors (Lipinski definition) is 1. The number of fused-ring (bicyclic) bond motifs is 2. The van der Waals surface area contributed by atoms with Gasteiger partial charge in [0.2, 0.25) is 0 Å². The molecule has 0 aliphatic carbocycles. The van der Waals surface area contributed by atoms with Gasteiger partial charge in [0.1, 0.15) is 0 Å². The second-order valence-corrected chi connectivity index (χ2v) is 8.29. The number of rotatable bonds is 1. The number of hydrogen-bond acceptors (Lipinski definition) is 2. The van der Waals surface area contributed by atoms with Crippen molar-refractivity contribution in [1.82, 2.24) is 0 Å². The molecule has 2 unspecified atom stereocenters. The second-order valence-electron chi connectivity index (χ2n) is 6.68. The summed E-state index contributed by atoms with van der Waals surface area (Å²) >= 11 is 2.14. The third kappa shape index (κ3) is 3.13. The topological polar surface area (TPSA) is 20.2 Å². The Bertz CT molecular complexity index is 219. The van der Waals surface area contributed by atoms with Crippen LogP contribution in [0.15, 0.2) is 0 Å². The maximum Gasteiger partial charge on any atom is 0.0673 e. The van der Waals surface area contributed by atoms with Crippen molar-refractivity contribution in [3.8, 4) is 0 Å². The van der Waals surface area contributed by atoms with E-state index in [0.717, 1.165) is 29.8 Å². The molecular weight excluding hydrogens is 204 g/mol. The van der Waals surface area contributed by atoms with Gasteiger partial charge in [-0.2, -0.15) is 11.8 Å². The molecule has 2 saturated heterocycles. The third-order valence-corrected chi connectivity index (χ3v) is 5.09. The monoisotopic (exact) mass is 228 g/mol. The molecule has 0 amide bonds. The Kier molecular flexibility index (Phi) is 3.11. The minimum atomic E-state index is -0.362. The SMILES string of the molecule is CC(C)(C)CC1(O)CC2CCCC(C1)S2. The molecule has 0 radical (unpaired) electrons. The van der Waals surface area contributed by atoms with Gasteiger partial charge >= 0.3 is 0 Å². The Hall–Kier alpha value is 0.310. The van der Waals surface area contributed by atoms with E-state index >= 15 is 0 Å². The molecule has 0 aromatic rings. The molecule has 88 valence electrons. The maximum atomic E-state index is 10.7. The van der Waals surface area contributed by atoms with Crippen molar-refractivity contribution in [2.75, 3.05) is 0 Å². The van der Waals surface area contributed by atoms with Crippen LogP contribution in [0.1, 0.15) is 59.3 Å². The van der Waals surface area contributed by atoms with Gasteiger partial charge in [-0.05, 0) is 37.5 Å². The maximum absolute atomic E-state index is 10.7. The summed E-state index contributed by atoms with van der Waals surface area (Å²) in [5.41, 5.74) is -0.107. The van der Waals surface area contributed by atoms with E-state index in [-0.39, 0.29) is 11.0 Å². The normalized spacial score (nSPS) is 41.6. The Morgan fingerprint density at radius 3 is 2.20 bits per heavy atom. The molecule has 0 aromatic carbocycles. The predicted octanol–water partition coefficient (Wildman–Crippen LogP) is 3.60. The summed E-state index contributed by atoms with van der Waals surface area (Å²) < 4.78 is 0. The number of thioether (sulfide) groups is 1. The molecule has 2 aliphatic rings. The average Bonchev–Trinajstić information content (AvgIpc) is 1.97. The first-order valence-corrected chi connectivity index (χ1v) is 7.19. The van der Waals surface area contributed by atoms with Gasteiger partial charge in [-0.3, -0.25) is 0 Å². The highest BCUT2D eigenvalue weighted by Crippen LogP contribution is 2.48. The first-order chi connectivity index (χ1) is 6.86. The van der Waals surface area contributed by atoms with Crippen LogP contribution < -0.4 is 0 Å². The van der Waals surface area contributed by atoms with Crippen molar-refractivity contribution in [1.29, 1.82) is 0 Å². The van der Waals surface area contributed by atoms with Crippen LogP contribution in [-0.2, 0) is 0 Å². The van der Waals surface area contributed by atoms with E-state index in [1.807, 2.05) is 0 Å². The standard InChI is InChI=1S/C13H24OS/c1-12(2,3)9-13(14)7-10-5-4-6-11(8-13)15-10/h10-11,14H,4-9H2,1-3H3. The lowest BCUT2D eigenvalue weighted by molar-refractivity contribution is -0.0215. The van der Waals surface area contributed by atoms with Crippen LogP contribution in [0.4, 0.5) is 0 Å². The van der Waals surface area contributed by atoms with Crippen molar-refractivity contribution in [2.24, 2.45) is 5.41 Å². The molecule has 2 aliphatic heterocycles. The van der Waals surface area contributed by atoms with Gasteiger partial charge in [0.15, 0.2) is 0 Å². The molecule has 0 spiro atoms. The molecule has 2 fully saturated rings. The summed E-state index contributed by atoms with van der Waals surface area (Å²) in [6.45, 7) is 6.72. The Morgan fingerprint density at radius 1 is 1.20 bits per heavy atom. The van der Waals surface area contributed by atoms with Crippen LogP contribution in [0.3, 0.4) is 0 Å². The van der Waals surface area contributed by atoms with Crippen LogP contribution in [0.5, 0.6) is 0 Å². The molecule has 2 rings (SSSR count). The molecule has 15 heavy (non-hydrogen) atoms. The lowest BCUT2D eigenvalue weighted by atomic mass is 9.75. The highest BCUT2D eigenvalue weighted by Gasteiger charge is 2.43. The predicted molar refractivity (Wildman–Crippen MR) is 67.3 cm³/mol. The molecule has 2 heteroatoms. The summed E-state index contributed by atoms with van der Waals surface area (Å²) in [4.78, 5) is 0. The van der Waals surface area contributed by atoms with E-state index in [0.29, 0.717) is 0 Å². The molecule has 2 heterocycles. The first kappa shape index (κ1) is 11.8. The Balaban J connectivity index is 2.03. The van der Waals surface area contributed by atoms with Crippen LogP contribution in [0, 0.1) is 5.41 Å². The highest BCUT2D eigenvalue weighted by molar-refractivity contribution is 8.00. The van der Waals surface area contributed by atoms with Gasteiger partial charge in [-0.15, -0.1) is 0 Å². The molecule has 0 aromatic heterocycles. The molecular formula is C13H24OS. The molecule has 0 saturated carbocycles. The van der Waals surface area contributed by atoms with Crippen molar-refractivity contribution >= 4 is 11.8 Å². The zero-order valence-electron chi connectivity index (χ0n) is 10.3. The minimum Gasteiger partial charge on any atom is -0.390 e. The van der Waals surface area contributed by atoms with Gasteiger partial charge in [0.25, 0.3) is 0 Å². The van der Waals surface area contributed by atoms with Crippen LogP contribution >= 0.6 is 11.8 Å². The first-order valence-electron chi connectivity index (χ1n) is 6.24. The van der Waals surface area contributed by atoms with Crippen LogP contribution in [-0.4, -0.2) is 21.2 Å². The summed E-state index contributed by atoms with van der Waals surface area (Å²) in [6, 6.07) is 0. The van der Waals surface area contributed by atoms with Gasteiger partial charge in [-0.1, -0.05) is 27.2 Å². The van der Waals surface area contributed by atoms with Crippen LogP contribution in [0.2, 0.25) is 0 Å². The quantitative estimate of drug-likeness (QED) is 0.740. The summed E-state index contributed by atoms with van der Waals surface area (Å²) in [5.74, 6) is 0. The molecule has 2 bridgehead atoms. The largest absolute Gasteiger partial charge is 0.390 e. The fourth-order valence-corrected chi connectivity index (χ4v) is 5.31. The van der Waals surface area contributed by atoms with Crippen molar-refractivity contribution < 1.29 is 5.11 Å². The van der Waals surface area contributed by atoms with Crippen LogP contribution in [0.25, 0.3) is 0 Å². The lowest BCUT2D eigenvalue weighted by Crippen LogP contribution is -2.44. The second kappa shape index (κ2) is 3.96. The molecule has 2 atom stereocenters. The third-order valence-electron chi connectivity index (χ3n) is 3.51. The number of aliphatic hydroxyl groups is 1. The van der Waals surface area contributed by atoms with Gasteiger partial charge < -0.3 is 5.11 Å². The van der Waals surface area contributed by atoms with E-state index in [2.05, 4.69) is 32.5 Å². The summed E-state index contributed by atoms with van der Waals surface area (Å²) in [6.07, 6.45) is 7.07. The van der Waals surface area contributed by atoms with Gasteiger partial charge in [-0.25, -0.2) is 0 Å². The van der Waals surface area contributed by atoms with Gasteiger partial charge in [0, 0.05) is 10.5 Å². The summed E-state index contributed by atoms with van der Waals surface area (Å²) in [5, 5.41) is 12.2. The minimum absolute atomic E-state index is 0.255. The van der Waals surface area contributed by atoms with E-state index in [1.165, 1.54) is 19.3 Å². The van der Waals surface area contributed by atoms with E-state index < -0.39 is 0 Å². The average molecular weight is 228 g/mol. The van der Waals surface area contributed by atoms with E-state index in [1.54, 1.807) is 0 Å². The summed E-state index contributed by atoms with van der Waals surface area (Å²) in [7, 11) is 0. The fourth-order valence-electron chi connectivity index (χ4n) is 3.34. The molecule has 1 N–H and O–H groups in total. The smallest absolute Gasteiger partial charge is 0.0673 e. The van der Waals surface area contributed by atoms with Crippen molar-refractivity contribution in [3.05, 3.63) is 0 Å². The van der Waals surface area contributed by atoms with E-state index in [4.69, 9.17) is 0 Å². The highest BCUT2D eigenvalue weighted by atomic mass is 32.2. The van der Waals surface area contributed by atoms with Crippen molar-refractivity contribution in [3.63, 3.8) is 0 Å². The van der Waals surface area contributed by atoms with E-state index in [9.17, 15) is 5.11 Å². The van der Waals surface area contributed by atoms with Gasteiger partial charge in [0.05, 0.1) is 5.60 Å². The zero-order valence-corrected chi connectivity index (χ0v) is 11.1. The Morgan fingerprint density at radius 2 is 1.73 bits per heavy atom. The lowest BCUT2D eigenvalue weighted by Gasteiger charge is -2.46. The Labute approximate surface area is 98.0 Å².